The van der Waals surface area contributed by atoms with Crippen LogP contribution >= 0.6 is 0 Å². The van der Waals surface area contributed by atoms with Gasteiger partial charge in [-0.05, 0) is 42.3 Å². The number of nitrogens with zero attached hydrogens (tertiary/aromatic N) is 6. The standard InChI is InChI=1S/C30H31F3N6O2/c31-30(32,33)24-7-4-6-23(20-24)27-10-14-38(29-26(21-34)35-22-39(27)29)28(40)11-13-37-17-15-36(16-18-37)12-5-19-41-25-8-2-1-3-9-25/h1-4,6-10,20,22H,5,11-19H2. The van der Waals surface area contributed by atoms with Gasteiger partial charge in [-0.25, -0.2) is 4.98 Å². The Labute approximate surface area is 236 Å². The van der Waals surface area contributed by atoms with Crippen LogP contribution in [0, 0.1) is 11.3 Å². The van der Waals surface area contributed by atoms with Gasteiger partial charge in [0.2, 0.25) is 5.91 Å². The maximum absolute atomic E-state index is 13.3. The Bertz CT molecular complexity index is 1420. The van der Waals surface area contributed by atoms with E-state index in [0.29, 0.717) is 24.4 Å². The Morgan fingerprint density at radius 1 is 1.00 bits per heavy atom. The molecule has 1 aromatic heterocycles. The number of piperazine rings is 1. The quantitative estimate of drug-likeness (QED) is 0.357. The Morgan fingerprint density at radius 3 is 2.44 bits per heavy atom. The highest BCUT2D eigenvalue weighted by atomic mass is 19.4. The van der Waals surface area contributed by atoms with E-state index in [4.69, 9.17) is 4.74 Å². The van der Waals surface area contributed by atoms with Crippen molar-refractivity contribution in [3.63, 3.8) is 0 Å². The number of benzene rings is 2. The number of fused-ring (bicyclic) bond motifs is 1. The largest absolute Gasteiger partial charge is 0.494 e. The number of nitriles is 1. The number of para-hydroxylation sites is 1. The van der Waals surface area contributed by atoms with E-state index in [0.717, 1.165) is 57.0 Å². The molecule has 1 saturated heterocycles. The number of ether oxygens (including phenoxy) is 1. The summed E-state index contributed by atoms with van der Waals surface area (Å²) in [4.78, 5) is 23.6. The molecule has 5 rings (SSSR count). The number of carbonyl (C=O) groups excluding carboxylic acids is 1. The number of hydrogen-bond donors (Lipinski definition) is 0. The second-order valence-corrected chi connectivity index (χ2v) is 10.0. The number of imidazole rings is 1. The van der Waals surface area contributed by atoms with Crippen LogP contribution < -0.4 is 9.64 Å². The molecule has 0 atom stereocenters. The van der Waals surface area contributed by atoms with Gasteiger partial charge in [-0.1, -0.05) is 30.3 Å². The smallest absolute Gasteiger partial charge is 0.416 e. The highest BCUT2D eigenvalue weighted by molar-refractivity contribution is 5.96. The zero-order valence-corrected chi connectivity index (χ0v) is 22.6. The molecule has 8 nitrogen and oxygen atoms in total. The molecule has 0 saturated carbocycles. The first-order valence-corrected chi connectivity index (χ1v) is 13.6. The summed E-state index contributed by atoms with van der Waals surface area (Å²) in [5, 5.41) is 9.63. The first-order valence-electron chi connectivity index (χ1n) is 13.6. The van der Waals surface area contributed by atoms with Crippen molar-refractivity contribution in [3.8, 4) is 11.8 Å². The lowest BCUT2D eigenvalue weighted by molar-refractivity contribution is -0.137. The predicted molar refractivity (Wildman–Crippen MR) is 148 cm³/mol. The van der Waals surface area contributed by atoms with Crippen molar-refractivity contribution < 1.29 is 22.7 Å². The fourth-order valence-corrected chi connectivity index (χ4v) is 5.17. The second-order valence-electron chi connectivity index (χ2n) is 10.0. The van der Waals surface area contributed by atoms with Crippen LogP contribution in [0.3, 0.4) is 0 Å². The molecule has 3 heterocycles. The van der Waals surface area contributed by atoms with Gasteiger partial charge in [-0.15, -0.1) is 0 Å². The van der Waals surface area contributed by atoms with Gasteiger partial charge in [-0.3, -0.25) is 14.3 Å². The monoisotopic (exact) mass is 564 g/mol. The first kappa shape index (κ1) is 28.4. The Kier molecular flexibility index (Phi) is 8.71. The Balaban J connectivity index is 1.14. The van der Waals surface area contributed by atoms with Gasteiger partial charge in [0.15, 0.2) is 11.5 Å². The minimum absolute atomic E-state index is 0.0563. The number of carbonyl (C=O) groups is 1. The Morgan fingerprint density at radius 2 is 1.73 bits per heavy atom. The third-order valence-corrected chi connectivity index (χ3v) is 7.35. The summed E-state index contributed by atoms with van der Waals surface area (Å²) in [5.41, 5.74) is 0.0759. The molecule has 2 aliphatic rings. The van der Waals surface area contributed by atoms with Crippen molar-refractivity contribution in [1.82, 2.24) is 19.4 Å². The molecule has 2 aliphatic heterocycles. The summed E-state index contributed by atoms with van der Waals surface area (Å²) in [7, 11) is 0. The van der Waals surface area contributed by atoms with Crippen molar-refractivity contribution in [2.24, 2.45) is 0 Å². The van der Waals surface area contributed by atoms with Gasteiger partial charge in [-0.2, -0.15) is 18.4 Å². The lowest BCUT2D eigenvalue weighted by atomic mass is 10.1. The number of halogens is 3. The number of hydrogen-bond acceptors (Lipinski definition) is 6. The second kappa shape index (κ2) is 12.6. The zero-order valence-electron chi connectivity index (χ0n) is 22.6. The maximum Gasteiger partial charge on any atom is 0.416 e. The summed E-state index contributed by atoms with van der Waals surface area (Å²) >= 11 is 0. The molecular formula is C30H31F3N6O2. The SMILES string of the molecule is N#Cc1ncn2c1N(C(=O)CCN1CCN(CCCOc3ccccc3)CC1)CC=C2c1cccc(C(F)(F)F)c1. The van der Waals surface area contributed by atoms with Crippen LogP contribution in [0.4, 0.5) is 19.0 Å². The molecule has 0 N–H and O–H groups in total. The van der Waals surface area contributed by atoms with E-state index in [-0.39, 0.29) is 30.4 Å². The van der Waals surface area contributed by atoms with Crippen molar-refractivity contribution in [2.45, 2.75) is 19.0 Å². The molecule has 214 valence electrons. The molecule has 1 amide bonds. The summed E-state index contributed by atoms with van der Waals surface area (Å²) in [5.74, 6) is 1.00. The van der Waals surface area contributed by atoms with Gasteiger partial charge in [0.05, 0.1) is 17.9 Å². The minimum atomic E-state index is -4.48. The van der Waals surface area contributed by atoms with Crippen LogP contribution in [-0.2, 0) is 11.0 Å². The lowest BCUT2D eigenvalue weighted by Crippen LogP contribution is -2.48. The molecule has 0 unspecified atom stereocenters. The lowest BCUT2D eigenvalue weighted by Gasteiger charge is -2.35. The maximum atomic E-state index is 13.3. The van der Waals surface area contributed by atoms with E-state index in [1.165, 1.54) is 21.9 Å². The van der Waals surface area contributed by atoms with Crippen LogP contribution in [0.5, 0.6) is 5.75 Å². The number of anilines is 1. The van der Waals surface area contributed by atoms with Crippen molar-refractivity contribution in [2.75, 3.05) is 57.3 Å². The number of aromatic nitrogens is 2. The molecule has 11 heteroatoms. The van der Waals surface area contributed by atoms with E-state index in [2.05, 4.69) is 14.8 Å². The zero-order chi connectivity index (χ0) is 28.8. The predicted octanol–water partition coefficient (Wildman–Crippen LogP) is 4.49. The average Bonchev–Trinajstić information content (AvgIpc) is 3.43. The molecule has 0 radical (unpaired) electrons. The molecule has 0 aliphatic carbocycles. The average molecular weight is 565 g/mol. The summed E-state index contributed by atoms with van der Waals surface area (Å²) in [6.07, 6.45) is -0.209. The summed E-state index contributed by atoms with van der Waals surface area (Å²) < 4.78 is 47.2. The van der Waals surface area contributed by atoms with Crippen LogP contribution in [0.15, 0.2) is 67.0 Å². The highest BCUT2D eigenvalue weighted by Crippen LogP contribution is 2.35. The fourth-order valence-electron chi connectivity index (χ4n) is 5.17. The number of rotatable bonds is 9. The number of alkyl halides is 3. The molecule has 2 aromatic carbocycles. The van der Waals surface area contributed by atoms with Gasteiger partial charge in [0, 0.05) is 52.2 Å². The minimum Gasteiger partial charge on any atom is -0.494 e. The first-order chi connectivity index (χ1) is 19.8. The van der Waals surface area contributed by atoms with E-state index < -0.39 is 11.7 Å². The van der Waals surface area contributed by atoms with Crippen LogP contribution in [0.25, 0.3) is 5.70 Å². The molecular weight excluding hydrogens is 533 g/mol. The van der Waals surface area contributed by atoms with Gasteiger partial charge in [0.1, 0.15) is 18.1 Å². The third-order valence-electron chi connectivity index (χ3n) is 7.35. The van der Waals surface area contributed by atoms with Gasteiger partial charge >= 0.3 is 6.18 Å². The number of amides is 1. The van der Waals surface area contributed by atoms with Crippen LogP contribution in [-0.4, -0.2) is 77.7 Å². The van der Waals surface area contributed by atoms with Gasteiger partial charge in [0.25, 0.3) is 0 Å². The van der Waals surface area contributed by atoms with Crippen LogP contribution in [0.1, 0.15) is 29.7 Å². The summed E-state index contributed by atoms with van der Waals surface area (Å²) in [6.45, 7) is 5.88. The van der Waals surface area contributed by atoms with Crippen LogP contribution in [0.2, 0.25) is 0 Å². The normalized spacial score (nSPS) is 16.1. The van der Waals surface area contributed by atoms with Crippen molar-refractivity contribution in [1.29, 1.82) is 5.26 Å². The molecule has 1 fully saturated rings. The van der Waals surface area contributed by atoms with Crippen molar-refractivity contribution in [3.05, 3.63) is 83.8 Å². The van der Waals surface area contributed by atoms with E-state index in [1.54, 1.807) is 12.1 Å². The molecule has 41 heavy (non-hydrogen) atoms. The van der Waals surface area contributed by atoms with Crippen molar-refractivity contribution >= 4 is 17.4 Å². The third kappa shape index (κ3) is 6.78. The Hall–Kier alpha value is -4.14. The molecule has 3 aromatic rings. The summed E-state index contributed by atoms with van der Waals surface area (Å²) in [6, 6.07) is 16.8. The molecule has 0 spiro atoms. The fraction of sp³-hybridized carbons (Fsp3) is 0.367. The van der Waals surface area contributed by atoms with E-state index in [9.17, 15) is 23.2 Å². The topological polar surface area (TPSA) is 77.6 Å². The van der Waals surface area contributed by atoms with E-state index in [1.807, 2.05) is 36.4 Å². The highest BCUT2D eigenvalue weighted by Gasteiger charge is 2.32. The molecule has 0 bridgehead atoms. The van der Waals surface area contributed by atoms with E-state index >= 15 is 0 Å². The van der Waals surface area contributed by atoms with Gasteiger partial charge < -0.3 is 14.5 Å².